The van der Waals surface area contributed by atoms with Crippen molar-refractivity contribution >= 4 is 17.7 Å². The van der Waals surface area contributed by atoms with E-state index in [0.29, 0.717) is 30.8 Å². The number of anilines is 2. The third-order valence-corrected chi connectivity index (χ3v) is 6.33. The summed E-state index contributed by atoms with van der Waals surface area (Å²) in [7, 11) is 0. The minimum absolute atomic E-state index is 0.0856. The van der Waals surface area contributed by atoms with E-state index in [9.17, 15) is 4.79 Å². The Morgan fingerprint density at radius 2 is 1.84 bits per heavy atom. The molecule has 2 aromatic rings. The molecule has 0 radical (unpaired) electrons. The molecule has 8 heteroatoms. The van der Waals surface area contributed by atoms with Crippen LogP contribution in [0.2, 0.25) is 0 Å². The third kappa shape index (κ3) is 4.50. The van der Waals surface area contributed by atoms with Gasteiger partial charge in [-0.1, -0.05) is 30.5 Å². The molecule has 2 saturated heterocycles. The second kappa shape index (κ2) is 8.80. The Morgan fingerprint density at radius 3 is 2.65 bits per heavy atom. The summed E-state index contributed by atoms with van der Waals surface area (Å²) in [5, 5.41) is 6.12. The van der Waals surface area contributed by atoms with Crippen molar-refractivity contribution in [3.63, 3.8) is 0 Å². The molecule has 0 bridgehead atoms. The number of rotatable bonds is 5. The van der Waals surface area contributed by atoms with Gasteiger partial charge >= 0.3 is 6.09 Å². The number of benzene rings is 1. The van der Waals surface area contributed by atoms with Crippen LogP contribution in [0, 0.1) is 6.92 Å². The first-order valence-electron chi connectivity index (χ1n) is 11.0. The van der Waals surface area contributed by atoms with E-state index < -0.39 is 12.2 Å². The van der Waals surface area contributed by atoms with Crippen LogP contribution < -0.4 is 10.6 Å². The van der Waals surface area contributed by atoms with Gasteiger partial charge in [0.1, 0.15) is 12.2 Å². The number of hydrogen-bond donors (Lipinski definition) is 2. The summed E-state index contributed by atoms with van der Waals surface area (Å²) in [4.78, 5) is 21.4. The van der Waals surface area contributed by atoms with Crippen LogP contribution in [-0.4, -0.2) is 53.6 Å². The molecule has 0 spiro atoms. The molecule has 1 aliphatic carbocycles. The highest BCUT2D eigenvalue weighted by molar-refractivity contribution is 5.84. The average molecular weight is 425 g/mol. The Bertz CT molecular complexity index is 916. The topological polar surface area (TPSA) is 94.6 Å². The molecule has 1 aromatic heterocycles. The van der Waals surface area contributed by atoms with Gasteiger partial charge in [-0.3, -0.25) is 5.32 Å². The number of hydrogen-bond acceptors (Lipinski definition) is 7. The quantitative estimate of drug-likeness (QED) is 0.757. The Balaban J connectivity index is 1.17. The smallest absolute Gasteiger partial charge is 0.412 e. The second-order valence-corrected chi connectivity index (χ2v) is 8.57. The molecule has 2 aliphatic heterocycles. The Labute approximate surface area is 181 Å². The van der Waals surface area contributed by atoms with E-state index in [-0.39, 0.29) is 18.2 Å². The highest BCUT2D eigenvalue weighted by Gasteiger charge is 2.49. The van der Waals surface area contributed by atoms with Crippen LogP contribution in [0.4, 0.5) is 16.4 Å². The first-order chi connectivity index (χ1) is 15.2. The van der Waals surface area contributed by atoms with Crippen molar-refractivity contribution in [3.05, 3.63) is 47.8 Å². The molecule has 2 N–H and O–H groups in total. The van der Waals surface area contributed by atoms with Crippen LogP contribution >= 0.6 is 0 Å². The SMILES string of the molecule is Cc1ccc(NC(=O)O[C@H]2CO[C@@H]3[C@@H]2OC[C@@H]3Nc2nccc(C3CCCC3)n2)cc1. The van der Waals surface area contributed by atoms with E-state index in [1.165, 1.54) is 25.7 Å². The molecule has 5 rings (SSSR count). The molecule has 1 saturated carbocycles. The fraction of sp³-hybridized carbons (Fsp3) is 0.522. The first-order valence-corrected chi connectivity index (χ1v) is 11.0. The van der Waals surface area contributed by atoms with E-state index in [1.54, 1.807) is 0 Å². The minimum atomic E-state index is -0.509. The fourth-order valence-corrected chi connectivity index (χ4v) is 4.67. The van der Waals surface area contributed by atoms with Gasteiger partial charge in [0.2, 0.25) is 5.95 Å². The summed E-state index contributed by atoms with van der Waals surface area (Å²) in [6.45, 7) is 2.75. The monoisotopic (exact) mass is 424 g/mol. The lowest BCUT2D eigenvalue weighted by Gasteiger charge is -2.18. The number of carbonyl (C=O) groups excluding carboxylic acids is 1. The molecule has 4 atom stereocenters. The van der Waals surface area contributed by atoms with E-state index in [2.05, 4.69) is 15.6 Å². The number of aromatic nitrogens is 2. The zero-order valence-corrected chi connectivity index (χ0v) is 17.6. The summed E-state index contributed by atoms with van der Waals surface area (Å²) >= 11 is 0. The highest BCUT2D eigenvalue weighted by Crippen LogP contribution is 2.34. The zero-order chi connectivity index (χ0) is 21.2. The molecule has 3 heterocycles. The van der Waals surface area contributed by atoms with Crippen LogP contribution in [0.1, 0.15) is 42.9 Å². The Morgan fingerprint density at radius 1 is 1.06 bits per heavy atom. The number of carbonyl (C=O) groups is 1. The minimum Gasteiger partial charge on any atom is -0.441 e. The maximum Gasteiger partial charge on any atom is 0.412 e. The Hall–Kier alpha value is -2.71. The van der Waals surface area contributed by atoms with Gasteiger partial charge in [-0.15, -0.1) is 0 Å². The number of nitrogens with one attached hydrogen (secondary N) is 2. The molecule has 164 valence electrons. The van der Waals surface area contributed by atoms with E-state index in [0.717, 1.165) is 11.3 Å². The summed E-state index contributed by atoms with van der Waals surface area (Å²) < 4.78 is 17.4. The van der Waals surface area contributed by atoms with E-state index >= 15 is 0 Å². The normalized spacial score (nSPS) is 27.8. The van der Waals surface area contributed by atoms with Crippen LogP contribution in [0.5, 0.6) is 0 Å². The number of ether oxygens (including phenoxy) is 3. The summed E-state index contributed by atoms with van der Waals surface area (Å²) in [6, 6.07) is 9.48. The second-order valence-electron chi connectivity index (χ2n) is 8.57. The maximum atomic E-state index is 12.3. The van der Waals surface area contributed by atoms with Gasteiger partial charge < -0.3 is 19.5 Å². The first kappa shape index (κ1) is 20.2. The van der Waals surface area contributed by atoms with E-state index in [1.807, 2.05) is 43.5 Å². The van der Waals surface area contributed by atoms with Crippen LogP contribution in [0.3, 0.4) is 0 Å². The fourth-order valence-electron chi connectivity index (χ4n) is 4.67. The molecule has 1 amide bonds. The van der Waals surface area contributed by atoms with Crippen molar-refractivity contribution in [2.24, 2.45) is 0 Å². The van der Waals surface area contributed by atoms with Crippen molar-refractivity contribution in [1.82, 2.24) is 9.97 Å². The number of aryl methyl sites for hydroxylation is 1. The lowest BCUT2D eigenvalue weighted by molar-refractivity contribution is 0.00917. The lowest BCUT2D eigenvalue weighted by Crippen LogP contribution is -2.38. The largest absolute Gasteiger partial charge is 0.441 e. The van der Waals surface area contributed by atoms with Crippen molar-refractivity contribution in [2.75, 3.05) is 23.8 Å². The van der Waals surface area contributed by atoms with Crippen molar-refractivity contribution in [3.8, 4) is 0 Å². The summed E-state index contributed by atoms with van der Waals surface area (Å²) in [6.07, 6.45) is 5.26. The molecule has 1 aromatic carbocycles. The predicted octanol–water partition coefficient (Wildman–Crippen LogP) is 3.64. The molecule has 3 aliphatic rings. The van der Waals surface area contributed by atoms with Crippen molar-refractivity contribution in [2.45, 2.75) is 62.9 Å². The predicted molar refractivity (Wildman–Crippen MR) is 115 cm³/mol. The van der Waals surface area contributed by atoms with E-state index in [4.69, 9.17) is 19.2 Å². The number of fused-ring (bicyclic) bond motifs is 1. The van der Waals surface area contributed by atoms with Gasteiger partial charge in [0, 0.05) is 23.5 Å². The standard InChI is InChI=1S/C23H28N4O4/c1-14-6-8-16(9-7-14)25-23(28)31-19-13-30-20-18(12-29-21(19)20)27-22-24-11-10-17(26-22)15-4-2-3-5-15/h6-11,15,18-21H,2-5,12-13H2,1H3,(H,25,28)(H,24,26,27)/t18-,19-,20-,21+/m0/s1. The summed E-state index contributed by atoms with van der Waals surface area (Å²) in [5.74, 6) is 1.13. The molecule has 0 unspecified atom stereocenters. The Kier molecular flexibility index (Phi) is 5.74. The van der Waals surface area contributed by atoms with Gasteiger partial charge in [-0.2, -0.15) is 0 Å². The van der Waals surface area contributed by atoms with Crippen LogP contribution in [-0.2, 0) is 14.2 Å². The van der Waals surface area contributed by atoms with Crippen LogP contribution in [0.25, 0.3) is 0 Å². The maximum absolute atomic E-state index is 12.3. The molecule has 3 fully saturated rings. The average Bonchev–Trinajstić information content (AvgIpc) is 3.51. The van der Waals surface area contributed by atoms with Gasteiger partial charge in [-0.25, -0.2) is 14.8 Å². The molecule has 8 nitrogen and oxygen atoms in total. The van der Waals surface area contributed by atoms with Gasteiger partial charge in [-0.05, 0) is 38.0 Å². The number of nitrogens with zero attached hydrogens (tertiary/aromatic N) is 2. The van der Waals surface area contributed by atoms with Crippen LogP contribution in [0.15, 0.2) is 36.5 Å². The highest BCUT2D eigenvalue weighted by atomic mass is 16.6. The lowest BCUT2D eigenvalue weighted by atomic mass is 10.0. The molecular weight excluding hydrogens is 396 g/mol. The molecule has 31 heavy (non-hydrogen) atoms. The zero-order valence-electron chi connectivity index (χ0n) is 17.6. The molecular formula is C23H28N4O4. The van der Waals surface area contributed by atoms with Crippen molar-refractivity contribution in [1.29, 1.82) is 0 Å². The van der Waals surface area contributed by atoms with Gasteiger partial charge in [0.15, 0.2) is 6.10 Å². The van der Waals surface area contributed by atoms with Gasteiger partial charge in [0.25, 0.3) is 0 Å². The van der Waals surface area contributed by atoms with Gasteiger partial charge in [0.05, 0.1) is 19.3 Å². The third-order valence-electron chi connectivity index (χ3n) is 6.33. The summed E-state index contributed by atoms with van der Waals surface area (Å²) in [5.41, 5.74) is 2.92. The van der Waals surface area contributed by atoms with Crippen molar-refractivity contribution < 1.29 is 19.0 Å². The number of amides is 1.